The number of unbranched alkanes of at least 4 members (excludes halogenated alkanes) is 23. The first-order valence-electron chi connectivity index (χ1n) is 30.8. The van der Waals surface area contributed by atoms with Crippen molar-refractivity contribution >= 4 is 5.91 Å². The molecule has 1 heterocycles. The lowest BCUT2D eigenvalue weighted by Gasteiger charge is -2.40. The summed E-state index contributed by atoms with van der Waals surface area (Å²) in [6.45, 7) is 3.65. The molecule has 434 valence electrons. The molecule has 7 atom stereocenters. The molecule has 1 aliphatic heterocycles. The maximum Gasteiger partial charge on any atom is 0.220 e. The number of allylic oxidation sites excluding steroid dienone is 19. The van der Waals surface area contributed by atoms with Crippen molar-refractivity contribution in [2.24, 2.45) is 0 Å². The lowest BCUT2D eigenvalue weighted by Crippen LogP contribution is -2.60. The Bertz CT molecular complexity index is 1610. The largest absolute Gasteiger partial charge is 0.394 e. The quantitative estimate of drug-likeness (QED) is 0.0261. The number of ether oxygens (including phenoxy) is 2. The van der Waals surface area contributed by atoms with Crippen LogP contribution in [0, 0.1) is 0 Å². The molecule has 0 aliphatic carbocycles. The molecule has 1 saturated heterocycles. The molecule has 9 heteroatoms. The van der Waals surface area contributed by atoms with E-state index in [2.05, 4.69) is 129 Å². The molecule has 0 bridgehead atoms. The van der Waals surface area contributed by atoms with Crippen LogP contribution in [-0.4, -0.2) is 87.5 Å². The average Bonchev–Trinajstić information content (AvgIpc) is 3.42. The molecule has 6 N–H and O–H groups in total. The first-order chi connectivity index (χ1) is 37.3. The van der Waals surface area contributed by atoms with Gasteiger partial charge in [-0.3, -0.25) is 4.79 Å². The first kappa shape index (κ1) is 70.6. The van der Waals surface area contributed by atoms with Gasteiger partial charge in [0, 0.05) is 6.42 Å². The standard InChI is InChI=1S/C67H113NO8/c1-3-5-7-9-11-13-15-17-19-21-23-25-26-27-28-29-30-31-32-33-34-35-36-37-39-41-43-45-47-49-51-53-55-57-63(71)68-60(59-75-67-66(74)65(73)64(72)62(58-69)76-67)61(70)56-54-52-50-48-46-44-42-40-38-24-22-20-18-16-14-12-10-8-6-4-2/h5,7,11,13,17,19,23,25,27-28,30-31,33-34,36-37,46,48,54,56,60-62,64-67,69-70,72-74H,3-4,6,8-10,12,14-16,18,20-22,24,26,29,32,35,38-45,47,49-53,55,57-59H2,1-2H3,(H,68,71)/b7-5-,13-11-,19-17-,25-23-,28-27-,31-30-,34-33-,37-36-,48-46+,56-54+. The highest BCUT2D eigenvalue weighted by molar-refractivity contribution is 5.76. The van der Waals surface area contributed by atoms with E-state index in [1.165, 1.54) is 116 Å². The second-order valence-electron chi connectivity index (χ2n) is 20.8. The zero-order valence-corrected chi connectivity index (χ0v) is 48.2. The number of hydrogen-bond acceptors (Lipinski definition) is 8. The summed E-state index contributed by atoms with van der Waals surface area (Å²) in [4.78, 5) is 13.1. The van der Waals surface area contributed by atoms with Gasteiger partial charge in [0.1, 0.15) is 24.4 Å². The van der Waals surface area contributed by atoms with Crippen molar-refractivity contribution in [1.29, 1.82) is 0 Å². The highest BCUT2D eigenvalue weighted by atomic mass is 16.7. The van der Waals surface area contributed by atoms with Crippen LogP contribution < -0.4 is 5.32 Å². The molecule has 1 rings (SSSR count). The SMILES string of the molecule is CC/C=C\C/C=C\C/C=C\C/C=C\C/C=C\C/C=C\C/C=C\C/C=C\CCCCCCCCCCC(=O)NC(COC1OC(CO)C(O)C(O)C1O)C(O)/C=C/CC/C=C/CCCCCCCCCCCCCCCC. The van der Waals surface area contributed by atoms with Crippen molar-refractivity contribution in [3.8, 4) is 0 Å². The summed E-state index contributed by atoms with van der Waals surface area (Å²) in [6.07, 6.45) is 75.5. The molecule has 1 amide bonds. The number of rotatable bonds is 51. The molecule has 7 unspecified atom stereocenters. The van der Waals surface area contributed by atoms with Crippen LogP contribution in [0.4, 0.5) is 0 Å². The molecule has 0 aromatic carbocycles. The zero-order valence-electron chi connectivity index (χ0n) is 48.2. The van der Waals surface area contributed by atoms with Gasteiger partial charge in [-0.25, -0.2) is 0 Å². The van der Waals surface area contributed by atoms with Gasteiger partial charge in [-0.2, -0.15) is 0 Å². The summed E-state index contributed by atoms with van der Waals surface area (Å²) >= 11 is 0. The van der Waals surface area contributed by atoms with E-state index in [-0.39, 0.29) is 12.5 Å². The summed E-state index contributed by atoms with van der Waals surface area (Å²) in [7, 11) is 0. The second-order valence-corrected chi connectivity index (χ2v) is 20.8. The van der Waals surface area contributed by atoms with E-state index in [1.807, 2.05) is 6.08 Å². The smallest absolute Gasteiger partial charge is 0.220 e. The molecule has 0 aromatic heterocycles. The number of nitrogens with one attached hydrogen (secondary N) is 1. The van der Waals surface area contributed by atoms with Gasteiger partial charge >= 0.3 is 0 Å². The zero-order chi connectivity index (χ0) is 55.0. The Labute approximate surface area is 465 Å². The van der Waals surface area contributed by atoms with E-state index in [9.17, 15) is 30.3 Å². The van der Waals surface area contributed by atoms with Crippen LogP contribution in [0.1, 0.15) is 239 Å². The Morgan fingerprint density at radius 3 is 1.26 bits per heavy atom. The second kappa shape index (κ2) is 54.9. The van der Waals surface area contributed by atoms with Gasteiger partial charge in [0.15, 0.2) is 6.29 Å². The summed E-state index contributed by atoms with van der Waals surface area (Å²) in [5.41, 5.74) is 0. The third-order valence-electron chi connectivity index (χ3n) is 13.8. The number of carbonyl (C=O) groups is 1. The van der Waals surface area contributed by atoms with Crippen LogP contribution in [0.2, 0.25) is 0 Å². The maximum atomic E-state index is 13.1. The van der Waals surface area contributed by atoms with E-state index < -0.39 is 49.5 Å². The summed E-state index contributed by atoms with van der Waals surface area (Å²) in [5.74, 6) is -0.199. The van der Waals surface area contributed by atoms with Gasteiger partial charge in [-0.05, 0) is 96.3 Å². The number of amides is 1. The molecule has 1 aliphatic rings. The molecular formula is C67H113NO8. The third-order valence-corrected chi connectivity index (χ3v) is 13.8. The van der Waals surface area contributed by atoms with Crippen molar-refractivity contribution in [3.63, 3.8) is 0 Å². The Morgan fingerprint density at radius 2 is 0.829 bits per heavy atom. The fraction of sp³-hybridized carbons (Fsp3) is 0.687. The Kier molecular flexibility index (Phi) is 51.0. The highest BCUT2D eigenvalue weighted by Crippen LogP contribution is 2.23. The Balaban J connectivity index is 2.23. The van der Waals surface area contributed by atoms with Crippen molar-refractivity contribution in [1.82, 2.24) is 5.32 Å². The molecule has 1 fully saturated rings. The first-order valence-corrected chi connectivity index (χ1v) is 30.8. The van der Waals surface area contributed by atoms with Gasteiger partial charge in [0.25, 0.3) is 0 Å². The third kappa shape index (κ3) is 43.6. The van der Waals surface area contributed by atoms with Crippen LogP contribution in [0.5, 0.6) is 0 Å². The monoisotopic (exact) mass is 1060 g/mol. The number of carbonyl (C=O) groups excluding carboxylic acids is 1. The minimum absolute atomic E-state index is 0.199. The van der Waals surface area contributed by atoms with Crippen molar-refractivity contribution in [2.75, 3.05) is 13.2 Å². The number of aliphatic hydroxyl groups excluding tert-OH is 5. The lowest BCUT2D eigenvalue weighted by molar-refractivity contribution is -0.302. The van der Waals surface area contributed by atoms with Crippen molar-refractivity contribution < 1.29 is 39.8 Å². The van der Waals surface area contributed by atoms with E-state index in [0.29, 0.717) is 6.42 Å². The van der Waals surface area contributed by atoms with Crippen LogP contribution >= 0.6 is 0 Å². The van der Waals surface area contributed by atoms with Crippen LogP contribution in [0.3, 0.4) is 0 Å². The molecule has 0 spiro atoms. The van der Waals surface area contributed by atoms with Gasteiger partial charge in [-0.15, -0.1) is 0 Å². The molecule has 0 radical (unpaired) electrons. The van der Waals surface area contributed by atoms with E-state index in [1.54, 1.807) is 6.08 Å². The normalized spacial score (nSPS) is 19.7. The minimum Gasteiger partial charge on any atom is -0.394 e. The molecule has 9 nitrogen and oxygen atoms in total. The summed E-state index contributed by atoms with van der Waals surface area (Å²) in [5, 5.41) is 54.6. The summed E-state index contributed by atoms with van der Waals surface area (Å²) in [6, 6.07) is -0.836. The Hall–Kier alpha value is -3.41. The van der Waals surface area contributed by atoms with Gasteiger partial charge in [-0.1, -0.05) is 257 Å². The van der Waals surface area contributed by atoms with Crippen molar-refractivity contribution in [3.05, 3.63) is 122 Å². The molecular weight excluding hydrogens is 947 g/mol. The molecule has 0 saturated carbocycles. The minimum atomic E-state index is -1.58. The van der Waals surface area contributed by atoms with Gasteiger partial charge in [0.2, 0.25) is 5.91 Å². The van der Waals surface area contributed by atoms with Crippen LogP contribution in [-0.2, 0) is 14.3 Å². The van der Waals surface area contributed by atoms with Crippen LogP contribution in [0.25, 0.3) is 0 Å². The molecule has 0 aromatic rings. The van der Waals surface area contributed by atoms with E-state index in [0.717, 1.165) is 103 Å². The van der Waals surface area contributed by atoms with Crippen LogP contribution in [0.15, 0.2) is 122 Å². The maximum absolute atomic E-state index is 13.1. The van der Waals surface area contributed by atoms with E-state index in [4.69, 9.17) is 9.47 Å². The lowest BCUT2D eigenvalue weighted by atomic mass is 9.99. The fourth-order valence-electron chi connectivity index (χ4n) is 8.95. The number of aliphatic hydroxyl groups is 5. The summed E-state index contributed by atoms with van der Waals surface area (Å²) < 4.78 is 11.3. The Morgan fingerprint density at radius 1 is 0.461 bits per heavy atom. The van der Waals surface area contributed by atoms with E-state index >= 15 is 0 Å². The topological polar surface area (TPSA) is 149 Å². The fourth-order valence-corrected chi connectivity index (χ4v) is 8.95. The average molecular weight is 1060 g/mol. The highest BCUT2D eigenvalue weighted by Gasteiger charge is 2.44. The molecule has 76 heavy (non-hydrogen) atoms. The number of hydrogen-bond donors (Lipinski definition) is 6. The van der Waals surface area contributed by atoms with Crippen molar-refractivity contribution in [2.45, 2.75) is 281 Å². The van der Waals surface area contributed by atoms with Gasteiger partial charge < -0.3 is 40.3 Å². The van der Waals surface area contributed by atoms with Gasteiger partial charge in [0.05, 0.1) is 25.4 Å². The predicted octanol–water partition coefficient (Wildman–Crippen LogP) is 15.9. The predicted molar refractivity (Wildman–Crippen MR) is 322 cm³/mol.